The number of halogens is 5. The summed E-state index contributed by atoms with van der Waals surface area (Å²) in [6.07, 6.45) is 0.430. The van der Waals surface area contributed by atoms with Crippen LogP contribution in [0.3, 0.4) is 0 Å². The molecule has 1 aromatic heterocycles. The first kappa shape index (κ1) is 42.3. The van der Waals surface area contributed by atoms with Crippen molar-refractivity contribution >= 4 is 51.3 Å². The number of aromatic nitrogens is 1. The summed E-state index contributed by atoms with van der Waals surface area (Å²) in [5.74, 6) is -3.62. The number of benzene rings is 4. The summed E-state index contributed by atoms with van der Waals surface area (Å²) in [4.78, 5) is 43.8. The largest absolute Gasteiger partial charge is 0.417 e. The molecule has 1 aliphatic heterocycles. The third-order valence-corrected chi connectivity index (χ3v) is 11.8. The van der Waals surface area contributed by atoms with Gasteiger partial charge in [0, 0.05) is 47.4 Å². The Labute approximate surface area is 349 Å². The molecular formula is C46H42F5N5O3S. The number of nitrogens with one attached hydrogen (secondary N) is 3. The molecule has 2 aliphatic rings. The van der Waals surface area contributed by atoms with Crippen LogP contribution < -0.4 is 15.5 Å². The molecule has 0 radical (unpaired) electrons. The van der Waals surface area contributed by atoms with Crippen LogP contribution >= 0.6 is 12.2 Å². The molecule has 1 saturated heterocycles. The first-order valence-electron chi connectivity index (χ1n) is 19.8. The molecule has 1 atom stereocenters. The Hall–Kier alpha value is -5.78. The molecule has 0 saturated carbocycles. The highest BCUT2D eigenvalue weighted by atomic mass is 32.1. The highest BCUT2D eigenvalue weighted by Gasteiger charge is 2.52. The van der Waals surface area contributed by atoms with E-state index >= 15 is 4.39 Å². The molecule has 14 heteroatoms. The number of nitrogens with zero attached hydrogens (tertiary/aromatic N) is 2. The van der Waals surface area contributed by atoms with Gasteiger partial charge in [0.1, 0.15) is 11.6 Å². The van der Waals surface area contributed by atoms with Gasteiger partial charge in [-0.15, -0.1) is 0 Å². The number of amides is 1. The van der Waals surface area contributed by atoms with Crippen LogP contribution in [0.1, 0.15) is 107 Å². The maximum Gasteiger partial charge on any atom is 0.417 e. The molecule has 0 bridgehead atoms. The molecule has 0 spiro atoms. The standard InChI is InChI=1S/C46H42F5N5O3S/c1-45(2)42(58)39(28-14-15-29(24-52)35(20-28)46(49,50)51)44(60)56(45)31-16-17-32(36(48)23-31)43(59)54-19-6-4-3-5-18-53-25-26-10-12-27(13-11-26)41-33-8-7-9-38(57)34-21-30(47)22-37(55-41)40(33)34/h10-17,20-23,39,53,55H,3-9,18-19,25H2,1-2H3,(H,54,59). The van der Waals surface area contributed by atoms with Crippen molar-refractivity contribution in [3.8, 4) is 17.3 Å². The van der Waals surface area contributed by atoms with Crippen LogP contribution in [0.5, 0.6) is 0 Å². The molecule has 310 valence electrons. The van der Waals surface area contributed by atoms with Crippen molar-refractivity contribution in [3.05, 3.63) is 123 Å². The molecule has 1 aliphatic carbocycles. The van der Waals surface area contributed by atoms with Crippen molar-refractivity contribution in [2.75, 3.05) is 18.0 Å². The fraction of sp³-hybridized carbons (Fsp3) is 0.326. The van der Waals surface area contributed by atoms with Gasteiger partial charge in [0.2, 0.25) is 0 Å². The summed E-state index contributed by atoms with van der Waals surface area (Å²) in [5.41, 5.74) is 2.02. The molecule has 7 rings (SSSR count). The minimum Gasteiger partial charge on any atom is -0.354 e. The zero-order chi connectivity index (χ0) is 42.9. The Morgan fingerprint density at radius 3 is 2.38 bits per heavy atom. The second-order valence-electron chi connectivity index (χ2n) is 15.8. The molecule has 3 N–H and O–H groups in total. The fourth-order valence-corrected chi connectivity index (χ4v) is 8.89. The van der Waals surface area contributed by atoms with Gasteiger partial charge in [-0.1, -0.05) is 55.4 Å². The van der Waals surface area contributed by atoms with Crippen LogP contribution in [-0.2, 0) is 23.9 Å². The van der Waals surface area contributed by atoms with Gasteiger partial charge in [-0.3, -0.25) is 14.4 Å². The maximum absolute atomic E-state index is 15.4. The summed E-state index contributed by atoms with van der Waals surface area (Å²) in [5, 5.41) is 16.2. The topological polar surface area (TPSA) is 118 Å². The number of nitriles is 1. The lowest BCUT2D eigenvalue weighted by Crippen LogP contribution is -2.44. The number of carbonyl (C=O) groups excluding carboxylic acids is 3. The Balaban J connectivity index is 0.856. The number of unbranched alkanes of at least 4 members (excludes halogenated alkanes) is 3. The van der Waals surface area contributed by atoms with E-state index in [9.17, 15) is 37.2 Å². The molecule has 1 unspecified atom stereocenters. The van der Waals surface area contributed by atoms with Crippen LogP contribution in [0.15, 0.2) is 72.8 Å². The summed E-state index contributed by atoms with van der Waals surface area (Å²) in [6, 6.07) is 19.4. The van der Waals surface area contributed by atoms with Gasteiger partial charge < -0.3 is 20.5 Å². The predicted octanol–water partition coefficient (Wildman–Crippen LogP) is 9.88. The highest BCUT2D eigenvalue weighted by molar-refractivity contribution is 7.80. The molecule has 8 nitrogen and oxygen atoms in total. The van der Waals surface area contributed by atoms with Crippen molar-refractivity contribution in [1.29, 1.82) is 5.26 Å². The van der Waals surface area contributed by atoms with E-state index in [4.69, 9.17) is 12.2 Å². The van der Waals surface area contributed by atoms with E-state index in [0.29, 0.717) is 37.0 Å². The number of rotatable bonds is 13. The molecule has 4 aromatic carbocycles. The smallest absolute Gasteiger partial charge is 0.354 e. The van der Waals surface area contributed by atoms with Gasteiger partial charge in [0.25, 0.3) is 5.91 Å². The number of aryl methyl sites for hydroxylation is 1. The van der Waals surface area contributed by atoms with Gasteiger partial charge in [0.05, 0.1) is 39.2 Å². The van der Waals surface area contributed by atoms with Crippen molar-refractivity contribution < 1.29 is 36.3 Å². The van der Waals surface area contributed by atoms with E-state index in [1.54, 1.807) is 13.8 Å². The van der Waals surface area contributed by atoms with Crippen molar-refractivity contribution in [1.82, 2.24) is 15.6 Å². The third-order valence-electron chi connectivity index (χ3n) is 11.4. The van der Waals surface area contributed by atoms with Gasteiger partial charge in [-0.05, 0) is 111 Å². The lowest BCUT2D eigenvalue weighted by atomic mass is 9.88. The minimum absolute atomic E-state index is 0.0233. The van der Waals surface area contributed by atoms with E-state index in [-0.39, 0.29) is 27.6 Å². The van der Waals surface area contributed by atoms with E-state index in [0.717, 1.165) is 84.6 Å². The van der Waals surface area contributed by atoms with E-state index < -0.39 is 52.1 Å². The molecular weight excluding hydrogens is 798 g/mol. The highest BCUT2D eigenvalue weighted by Crippen LogP contribution is 2.43. The molecule has 5 aromatic rings. The van der Waals surface area contributed by atoms with Crippen molar-refractivity contribution in [3.63, 3.8) is 0 Å². The number of hydrogen-bond acceptors (Lipinski definition) is 6. The molecule has 1 fully saturated rings. The van der Waals surface area contributed by atoms with Crippen molar-refractivity contribution in [2.24, 2.45) is 0 Å². The van der Waals surface area contributed by atoms with E-state index in [1.165, 1.54) is 41.3 Å². The number of anilines is 1. The zero-order valence-electron chi connectivity index (χ0n) is 33.0. The number of alkyl halides is 3. The van der Waals surface area contributed by atoms with Crippen LogP contribution in [0.4, 0.5) is 27.6 Å². The first-order valence-corrected chi connectivity index (χ1v) is 20.3. The van der Waals surface area contributed by atoms with Crippen LogP contribution in [0.25, 0.3) is 22.2 Å². The number of H-pyrrole nitrogens is 1. The Morgan fingerprint density at radius 2 is 1.68 bits per heavy atom. The number of ketones is 2. The quantitative estimate of drug-likeness (QED) is 0.0614. The Bertz CT molecular complexity index is 2560. The van der Waals surface area contributed by atoms with Gasteiger partial charge in [0.15, 0.2) is 11.6 Å². The Kier molecular flexibility index (Phi) is 12.0. The van der Waals surface area contributed by atoms with E-state index in [1.807, 2.05) is 12.1 Å². The number of thiocarbonyl (C=S) groups is 1. The second-order valence-corrected chi connectivity index (χ2v) is 16.2. The lowest BCUT2D eigenvalue weighted by molar-refractivity contribution is -0.138. The second kappa shape index (κ2) is 17.1. The predicted molar refractivity (Wildman–Crippen MR) is 223 cm³/mol. The van der Waals surface area contributed by atoms with Gasteiger partial charge in [-0.25, -0.2) is 8.78 Å². The average Bonchev–Trinajstić information content (AvgIpc) is 3.58. The minimum atomic E-state index is -4.83. The average molecular weight is 840 g/mol. The summed E-state index contributed by atoms with van der Waals surface area (Å²) >= 11 is 5.60. The van der Waals surface area contributed by atoms with Crippen LogP contribution in [0, 0.1) is 23.0 Å². The number of hydrogen-bond donors (Lipinski definition) is 3. The lowest BCUT2D eigenvalue weighted by Gasteiger charge is -2.31. The summed E-state index contributed by atoms with van der Waals surface area (Å²) in [7, 11) is 0. The molecule has 2 heterocycles. The number of carbonyl (C=O) groups is 3. The van der Waals surface area contributed by atoms with Gasteiger partial charge in [-0.2, -0.15) is 18.4 Å². The monoisotopic (exact) mass is 839 g/mol. The first-order chi connectivity index (χ1) is 28.6. The van der Waals surface area contributed by atoms with Gasteiger partial charge >= 0.3 is 6.18 Å². The Morgan fingerprint density at radius 1 is 0.950 bits per heavy atom. The number of Topliss-reactive ketones (excluding diaryl/α,β-unsaturated/α-hetero) is 2. The normalized spacial score (nSPS) is 16.3. The van der Waals surface area contributed by atoms with E-state index in [2.05, 4.69) is 27.8 Å². The molecule has 1 amide bonds. The molecule has 60 heavy (non-hydrogen) atoms. The van der Waals surface area contributed by atoms with Crippen LogP contribution in [-0.4, -0.2) is 46.1 Å². The van der Waals surface area contributed by atoms with Crippen molar-refractivity contribution in [2.45, 2.75) is 83.0 Å². The zero-order valence-corrected chi connectivity index (χ0v) is 33.8. The SMILES string of the molecule is CC1(C)C(=O)C(c2ccc(C#N)c(C(F)(F)F)c2)C(=S)N1c1ccc(C(=O)NCCCCCCNCc2ccc(-c3[nH]c4cc(F)cc5c4c3CCCC5=O)cc2)c(F)c1. The summed E-state index contributed by atoms with van der Waals surface area (Å²) < 4.78 is 70.8. The summed E-state index contributed by atoms with van der Waals surface area (Å²) in [6.45, 7) is 4.90. The van der Waals surface area contributed by atoms with Crippen LogP contribution in [0.2, 0.25) is 0 Å². The fourth-order valence-electron chi connectivity index (χ4n) is 8.31. The number of aromatic amines is 1. The third kappa shape index (κ3) is 8.33. The maximum atomic E-state index is 15.4.